The fourth-order valence-corrected chi connectivity index (χ4v) is 0.947. The molecule has 0 unspecified atom stereocenters. The smallest absolute Gasteiger partial charge is 0.133 e. The molecular weight excluding hydrogens is 150 g/mol. The van der Waals surface area contributed by atoms with Crippen LogP contribution in [0.3, 0.4) is 0 Å². The van der Waals surface area contributed by atoms with Gasteiger partial charge in [-0.25, -0.2) is 0 Å². The summed E-state index contributed by atoms with van der Waals surface area (Å²) >= 11 is 1.19. The summed E-state index contributed by atoms with van der Waals surface area (Å²) in [5.41, 5.74) is 6.24. The number of ether oxygens (including phenoxy) is 1. The van der Waals surface area contributed by atoms with E-state index in [2.05, 4.69) is 9.59 Å². The minimum Gasteiger partial charge on any atom is -0.388 e. The van der Waals surface area contributed by atoms with Gasteiger partial charge in [-0.3, -0.25) is 0 Å². The maximum Gasteiger partial charge on any atom is 0.133 e. The Kier molecular flexibility index (Phi) is 2.58. The average Bonchev–Trinajstić information content (AvgIpc) is 2.31. The van der Waals surface area contributed by atoms with E-state index in [1.165, 1.54) is 11.5 Å². The average molecular weight is 159 g/mol. The van der Waals surface area contributed by atoms with Gasteiger partial charge in [-0.15, -0.1) is 5.10 Å². The zero-order valence-corrected chi connectivity index (χ0v) is 6.52. The highest BCUT2D eigenvalue weighted by atomic mass is 32.1. The molecule has 2 N–H and O–H groups in total. The molecule has 10 heavy (non-hydrogen) atoms. The van der Waals surface area contributed by atoms with Crippen LogP contribution < -0.4 is 5.73 Å². The van der Waals surface area contributed by atoms with Gasteiger partial charge in [-0.05, 0) is 6.92 Å². The van der Waals surface area contributed by atoms with Gasteiger partial charge in [0.2, 0.25) is 0 Å². The highest BCUT2D eigenvalue weighted by Gasteiger charge is 2.01. The van der Waals surface area contributed by atoms with Crippen molar-refractivity contribution in [2.45, 2.75) is 13.5 Å². The second-order valence-electron chi connectivity index (χ2n) is 1.72. The van der Waals surface area contributed by atoms with Crippen molar-refractivity contribution in [2.24, 2.45) is 0 Å². The largest absolute Gasteiger partial charge is 0.388 e. The molecule has 0 aliphatic rings. The molecule has 0 radical (unpaired) electrons. The highest BCUT2D eigenvalue weighted by Crippen LogP contribution is 2.12. The van der Waals surface area contributed by atoms with Crippen molar-refractivity contribution in [1.29, 1.82) is 0 Å². The van der Waals surface area contributed by atoms with E-state index in [4.69, 9.17) is 10.5 Å². The fourth-order valence-electron chi connectivity index (χ4n) is 0.514. The third kappa shape index (κ3) is 1.65. The summed E-state index contributed by atoms with van der Waals surface area (Å²) in [6.07, 6.45) is 0. The Labute approximate surface area is 63.2 Å². The van der Waals surface area contributed by atoms with E-state index in [1.54, 1.807) is 0 Å². The molecule has 0 spiro atoms. The number of hydrogen-bond acceptors (Lipinski definition) is 5. The van der Waals surface area contributed by atoms with Gasteiger partial charge in [0.1, 0.15) is 10.7 Å². The Bertz CT molecular complexity index is 201. The predicted octanol–water partition coefficient (Wildman–Crippen LogP) is 0.657. The summed E-state index contributed by atoms with van der Waals surface area (Å²) in [6, 6.07) is 0. The van der Waals surface area contributed by atoms with Crippen molar-refractivity contribution in [1.82, 2.24) is 9.59 Å². The molecule has 56 valence electrons. The topological polar surface area (TPSA) is 61.0 Å². The number of anilines is 1. The van der Waals surface area contributed by atoms with E-state index in [1.807, 2.05) is 6.92 Å². The van der Waals surface area contributed by atoms with Crippen LogP contribution in [0.15, 0.2) is 0 Å². The lowest BCUT2D eigenvalue weighted by Crippen LogP contribution is -1.95. The summed E-state index contributed by atoms with van der Waals surface area (Å²) in [6.45, 7) is 3.08. The van der Waals surface area contributed by atoms with Crippen molar-refractivity contribution < 1.29 is 4.74 Å². The third-order valence-electron chi connectivity index (χ3n) is 1.03. The van der Waals surface area contributed by atoms with Crippen molar-refractivity contribution in [3.8, 4) is 0 Å². The molecule has 0 amide bonds. The van der Waals surface area contributed by atoms with Crippen LogP contribution in [0.4, 0.5) is 5.00 Å². The second kappa shape index (κ2) is 3.48. The molecule has 0 aliphatic carbocycles. The molecule has 1 heterocycles. The van der Waals surface area contributed by atoms with Crippen molar-refractivity contribution in [3.63, 3.8) is 0 Å². The van der Waals surface area contributed by atoms with Crippen LogP contribution in [0.25, 0.3) is 0 Å². The van der Waals surface area contributed by atoms with Crippen LogP contribution in [0.5, 0.6) is 0 Å². The first kappa shape index (κ1) is 7.43. The minimum atomic E-state index is 0.471. The number of nitrogens with two attached hydrogens (primary N) is 1. The van der Waals surface area contributed by atoms with Gasteiger partial charge < -0.3 is 10.5 Å². The standard InChI is InChI=1S/C5H9N3OS/c1-2-9-3-4-5(6)10-8-7-4/h2-3,6H2,1H3. The Hall–Kier alpha value is -0.680. The predicted molar refractivity (Wildman–Crippen MR) is 39.7 cm³/mol. The molecule has 4 nitrogen and oxygen atoms in total. The van der Waals surface area contributed by atoms with Gasteiger partial charge in [-0.2, -0.15) is 0 Å². The monoisotopic (exact) mass is 159 g/mol. The molecule has 0 aliphatic heterocycles. The lowest BCUT2D eigenvalue weighted by molar-refractivity contribution is 0.131. The van der Waals surface area contributed by atoms with Crippen LogP contribution in [-0.4, -0.2) is 16.2 Å². The molecule has 1 aromatic rings. The first-order valence-electron chi connectivity index (χ1n) is 2.99. The Morgan fingerprint density at radius 2 is 2.50 bits per heavy atom. The van der Waals surface area contributed by atoms with Crippen LogP contribution in [0.1, 0.15) is 12.6 Å². The molecule has 1 rings (SSSR count). The van der Waals surface area contributed by atoms with Crippen LogP contribution in [0.2, 0.25) is 0 Å². The normalized spacial score (nSPS) is 10.1. The molecule has 0 fully saturated rings. The SMILES string of the molecule is CCOCc1nnsc1N. The van der Waals surface area contributed by atoms with Crippen LogP contribution in [-0.2, 0) is 11.3 Å². The summed E-state index contributed by atoms with van der Waals surface area (Å²) in [4.78, 5) is 0. The highest BCUT2D eigenvalue weighted by molar-refractivity contribution is 7.09. The molecule has 5 heteroatoms. The molecule has 0 bridgehead atoms. The van der Waals surface area contributed by atoms with Crippen LogP contribution >= 0.6 is 11.5 Å². The number of rotatable bonds is 3. The molecule has 0 saturated carbocycles. The second-order valence-corrected chi connectivity index (χ2v) is 2.51. The summed E-state index contributed by atoms with van der Waals surface area (Å²) in [7, 11) is 0. The van der Waals surface area contributed by atoms with Gasteiger partial charge >= 0.3 is 0 Å². The minimum absolute atomic E-state index is 0.471. The molecular formula is C5H9N3OS. The van der Waals surface area contributed by atoms with Gasteiger partial charge in [0.15, 0.2) is 0 Å². The lowest BCUT2D eigenvalue weighted by Gasteiger charge is -1.95. The lowest BCUT2D eigenvalue weighted by atomic mass is 10.5. The maximum atomic E-state index is 5.49. The van der Waals surface area contributed by atoms with Crippen LogP contribution in [0, 0.1) is 0 Å². The Morgan fingerprint density at radius 3 is 3.00 bits per heavy atom. The van der Waals surface area contributed by atoms with Gasteiger partial charge in [-0.1, -0.05) is 4.49 Å². The van der Waals surface area contributed by atoms with E-state index in [9.17, 15) is 0 Å². The van der Waals surface area contributed by atoms with Gasteiger partial charge in [0.05, 0.1) is 6.61 Å². The van der Waals surface area contributed by atoms with E-state index in [0.717, 1.165) is 5.69 Å². The number of nitrogen functional groups attached to an aromatic ring is 1. The van der Waals surface area contributed by atoms with E-state index >= 15 is 0 Å². The molecule has 0 saturated heterocycles. The van der Waals surface area contributed by atoms with E-state index in [0.29, 0.717) is 18.2 Å². The summed E-state index contributed by atoms with van der Waals surface area (Å²) < 4.78 is 8.74. The summed E-state index contributed by atoms with van der Waals surface area (Å²) in [5, 5.41) is 4.42. The van der Waals surface area contributed by atoms with E-state index in [-0.39, 0.29) is 0 Å². The van der Waals surface area contributed by atoms with Gasteiger partial charge in [0, 0.05) is 18.1 Å². The Morgan fingerprint density at radius 1 is 1.70 bits per heavy atom. The molecule has 1 aromatic heterocycles. The van der Waals surface area contributed by atoms with E-state index < -0.39 is 0 Å². The quantitative estimate of drug-likeness (QED) is 0.703. The number of aromatic nitrogens is 2. The van der Waals surface area contributed by atoms with Gasteiger partial charge in [0.25, 0.3) is 0 Å². The first-order chi connectivity index (χ1) is 4.84. The number of nitrogens with zero attached hydrogens (tertiary/aromatic N) is 2. The summed E-state index contributed by atoms with van der Waals surface area (Å²) in [5.74, 6) is 0. The maximum absolute atomic E-state index is 5.49. The fraction of sp³-hybridized carbons (Fsp3) is 0.600. The van der Waals surface area contributed by atoms with Crippen molar-refractivity contribution >= 4 is 16.5 Å². The van der Waals surface area contributed by atoms with Crippen molar-refractivity contribution in [2.75, 3.05) is 12.3 Å². The third-order valence-corrected chi connectivity index (χ3v) is 1.62. The zero-order valence-electron chi connectivity index (χ0n) is 5.70. The molecule has 0 aromatic carbocycles. The zero-order chi connectivity index (χ0) is 7.40. The molecule has 0 atom stereocenters. The number of hydrogen-bond donors (Lipinski definition) is 1. The van der Waals surface area contributed by atoms with Crippen molar-refractivity contribution in [3.05, 3.63) is 5.69 Å². The first-order valence-corrected chi connectivity index (χ1v) is 3.76. The Balaban J connectivity index is 2.49.